The SMILES string of the molecule is CCC(C)N(C)C(=O)NC1CCC(C(=O)NC)CC1. The van der Waals surface area contributed by atoms with Crippen LogP contribution in [0.4, 0.5) is 4.79 Å². The molecule has 1 aliphatic rings. The number of hydrogen-bond acceptors (Lipinski definition) is 2. The first-order valence-electron chi connectivity index (χ1n) is 7.24. The van der Waals surface area contributed by atoms with Crippen LogP contribution in [0.15, 0.2) is 0 Å². The van der Waals surface area contributed by atoms with Crippen LogP contribution in [-0.2, 0) is 4.79 Å². The van der Waals surface area contributed by atoms with Crippen LogP contribution in [0.1, 0.15) is 46.0 Å². The van der Waals surface area contributed by atoms with E-state index in [2.05, 4.69) is 17.6 Å². The quantitative estimate of drug-likeness (QED) is 0.816. The highest BCUT2D eigenvalue weighted by Crippen LogP contribution is 2.24. The second kappa shape index (κ2) is 7.36. The van der Waals surface area contributed by atoms with Crippen molar-refractivity contribution in [3.05, 3.63) is 0 Å². The first-order chi connectivity index (χ1) is 8.99. The zero-order valence-electron chi connectivity index (χ0n) is 12.5. The van der Waals surface area contributed by atoms with Crippen molar-refractivity contribution in [3.8, 4) is 0 Å². The van der Waals surface area contributed by atoms with E-state index in [4.69, 9.17) is 0 Å². The molecular weight excluding hydrogens is 242 g/mol. The summed E-state index contributed by atoms with van der Waals surface area (Å²) in [5.74, 6) is 0.243. The van der Waals surface area contributed by atoms with Gasteiger partial charge in [0.2, 0.25) is 5.91 Å². The van der Waals surface area contributed by atoms with Gasteiger partial charge in [-0.05, 0) is 39.0 Å². The molecule has 1 atom stereocenters. The van der Waals surface area contributed by atoms with Crippen LogP contribution < -0.4 is 10.6 Å². The van der Waals surface area contributed by atoms with Gasteiger partial charge in [-0.1, -0.05) is 6.92 Å². The Bertz CT molecular complexity index is 312. The highest BCUT2D eigenvalue weighted by Gasteiger charge is 2.27. The van der Waals surface area contributed by atoms with E-state index in [0.717, 1.165) is 32.1 Å². The molecule has 2 N–H and O–H groups in total. The van der Waals surface area contributed by atoms with Gasteiger partial charge >= 0.3 is 6.03 Å². The lowest BCUT2D eigenvalue weighted by Crippen LogP contribution is -2.47. The minimum atomic E-state index is -0.00209. The molecule has 1 fully saturated rings. The Labute approximate surface area is 116 Å². The molecule has 110 valence electrons. The molecule has 0 bridgehead atoms. The molecule has 5 nitrogen and oxygen atoms in total. The number of nitrogens with one attached hydrogen (secondary N) is 2. The van der Waals surface area contributed by atoms with Crippen molar-refractivity contribution in [2.75, 3.05) is 14.1 Å². The van der Waals surface area contributed by atoms with Crippen molar-refractivity contribution in [1.29, 1.82) is 0 Å². The van der Waals surface area contributed by atoms with Gasteiger partial charge in [-0.2, -0.15) is 0 Å². The molecule has 0 aromatic rings. The van der Waals surface area contributed by atoms with Gasteiger partial charge in [0.15, 0.2) is 0 Å². The molecular formula is C14H27N3O2. The number of carbonyl (C=O) groups is 2. The van der Waals surface area contributed by atoms with Crippen molar-refractivity contribution in [2.24, 2.45) is 5.92 Å². The van der Waals surface area contributed by atoms with E-state index in [1.54, 1.807) is 11.9 Å². The third-order valence-electron chi connectivity index (χ3n) is 4.24. The molecule has 1 aliphatic carbocycles. The van der Waals surface area contributed by atoms with Gasteiger partial charge in [0.05, 0.1) is 0 Å². The fourth-order valence-corrected chi connectivity index (χ4v) is 2.45. The van der Waals surface area contributed by atoms with E-state index in [-0.39, 0.29) is 29.9 Å². The predicted molar refractivity (Wildman–Crippen MR) is 75.9 cm³/mol. The van der Waals surface area contributed by atoms with Crippen molar-refractivity contribution >= 4 is 11.9 Å². The third kappa shape index (κ3) is 4.40. The summed E-state index contributed by atoms with van der Waals surface area (Å²) in [6.45, 7) is 4.12. The van der Waals surface area contributed by atoms with Crippen LogP contribution in [0.2, 0.25) is 0 Å². The monoisotopic (exact) mass is 269 g/mol. The Balaban J connectivity index is 2.36. The van der Waals surface area contributed by atoms with Gasteiger partial charge in [-0.15, -0.1) is 0 Å². The molecule has 0 radical (unpaired) electrons. The van der Waals surface area contributed by atoms with Gasteiger partial charge in [0.1, 0.15) is 0 Å². The molecule has 1 rings (SSSR count). The maximum Gasteiger partial charge on any atom is 0.317 e. The summed E-state index contributed by atoms with van der Waals surface area (Å²) in [5.41, 5.74) is 0. The Morgan fingerprint density at radius 1 is 1.26 bits per heavy atom. The highest BCUT2D eigenvalue weighted by molar-refractivity contribution is 5.78. The summed E-state index contributed by atoms with van der Waals surface area (Å²) in [7, 11) is 3.51. The van der Waals surface area contributed by atoms with Crippen molar-refractivity contribution in [1.82, 2.24) is 15.5 Å². The number of hydrogen-bond donors (Lipinski definition) is 2. The van der Waals surface area contributed by atoms with E-state index in [9.17, 15) is 9.59 Å². The largest absolute Gasteiger partial charge is 0.359 e. The number of urea groups is 1. The molecule has 0 heterocycles. The molecule has 1 unspecified atom stereocenters. The van der Waals surface area contributed by atoms with E-state index in [0.29, 0.717) is 0 Å². The van der Waals surface area contributed by atoms with Gasteiger partial charge in [-0.25, -0.2) is 4.79 Å². The van der Waals surface area contributed by atoms with E-state index < -0.39 is 0 Å². The number of rotatable bonds is 4. The topological polar surface area (TPSA) is 61.4 Å². The van der Waals surface area contributed by atoms with Crippen molar-refractivity contribution in [2.45, 2.75) is 58.0 Å². The Morgan fingerprint density at radius 3 is 2.32 bits per heavy atom. The van der Waals surface area contributed by atoms with Crippen LogP contribution in [0.3, 0.4) is 0 Å². The average molecular weight is 269 g/mol. The first kappa shape index (κ1) is 15.8. The first-order valence-corrected chi connectivity index (χ1v) is 7.24. The fourth-order valence-electron chi connectivity index (χ4n) is 2.45. The van der Waals surface area contributed by atoms with Gasteiger partial charge in [-0.3, -0.25) is 4.79 Å². The van der Waals surface area contributed by atoms with E-state index >= 15 is 0 Å². The molecule has 0 spiro atoms. The Kier molecular flexibility index (Phi) is 6.12. The fraction of sp³-hybridized carbons (Fsp3) is 0.857. The van der Waals surface area contributed by atoms with E-state index in [1.807, 2.05) is 14.0 Å². The predicted octanol–water partition coefficient (Wildman–Crippen LogP) is 1.73. The number of nitrogens with zero attached hydrogens (tertiary/aromatic N) is 1. The maximum absolute atomic E-state index is 12.0. The Hall–Kier alpha value is -1.26. The minimum absolute atomic E-state index is 0.00209. The zero-order valence-corrected chi connectivity index (χ0v) is 12.5. The lowest BCUT2D eigenvalue weighted by atomic mass is 9.85. The third-order valence-corrected chi connectivity index (χ3v) is 4.24. The molecule has 3 amide bonds. The summed E-state index contributed by atoms with van der Waals surface area (Å²) in [4.78, 5) is 25.3. The van der Waals surface area contributed by atoms with Crippen molar-refractivity contribution in [3.63, 3.8) is 0 Å². The molecule has 1 saturated carbocycles. The van der Waals surface area contributed by atoms with Crippen LogP contribution in [0, 0.1) is 5.92 Å². The van der Waals surface area contributed by atoms with Crippen LogP contribution in [-0.4, -0.2) is 43.0 Å². The lowest BCUT2D eigenvalue weighted by Gasteiger charge is -2.31. The van der Waals surface area contributed by atoms with Crippen LogP contribution in [0.25, 0.3) is 0 Å². The molecule has 0 aliphatic heterocycles. The maximum atomic E-state index is 12.0. The standard InChI is InChI=1S/C14H27N3O2/c1-5-10(2)17(4)14(19)16-12-8-6-11(7-9-12)13(18)15-3/h10-12H,5-9H2,1-4H3,(H,15,18)(H,16,19). The highest BCUT2D eigenvalue weighted by atomic mass is 16.2. The summed E-state index contributed by atoms with van der Waals surface area (Å²) in [6, 6.07) is 0.458. The second-order valence-electron chi connectivity index (χ2n) is 5.48. The van der Waals surface area contributed by atoms with Gasteiger partial charge in [0, 0.05) is 32.1 Å². The van der Waals surface area contributed by atoms with Crippen LogP contribution >= 0.6 is 0 Å². The summed E-state index contributed by atoms with van der Waals surface area (Å²) in [6.07, 6.45) is 4.44. The number of amides is 3. The van der Waals surface area contributed by atoms with Crippen molar-refractivity contribution < 1.29 is 9.59 Å². The molecule has 0 saturated heterocycles. The average Bonchev–Trinajstić information content (AvgIpc) is 2.45. The smallest absolute Gasteiger partial charge is 0.317 e. The summed E-state index contributed by atoms with van der Waals surface area (Å²) in [5, 5.41) is 5.76. The molecule has 0 aromatic carbocycles. The van der Waals surface area contributed by atoms with E-state index in [1.165, 1.54) is 0 Å². The molecule has 5 heteroatoms. The second-order valence-corrected chi connectivity index (χ2v) is 5.48. The summed E-state index contributed by atoms with van der Waals surface area (Å²) < 4.78 is 0. The minimum Gasteiger partial charge on any atom is -0.359 e. The Morgan fingerprint density at radius 2 is 1.84 bits per heavy atom. The van der Waals surface area contributed by atoms with Gasteiger partial charge in [0.25, 0.3) is 0 Å². The number of carbonyl (C=O) groups excluding carboxylic acids is 2. The molecule has 0 aromatic heterocycles. The normalized spacial score (nSPS) is 24.4. The zero-order chi connectivity index (χ0) is 14.4. The van der Waals surface area contributed by atoms with Gasteiger partial charge < -0.3 is 15.5 Å². The van der Waals surface area contributed by atoms with Crippen LogP contribution in [0.5, 0.6) is 0 Å². The lowest BCUT2D eigenvalue weighted by molar-refractivity contribution is -0.125. The molecule has 19 heavy (non-hydrogen) atoms. The summed E-state index contributed by atoms with van der Waals surface area (Å²) >= 11 is 0.